The van der Waals surface area contributed by atoms with Gasteiger partial charge in [-0.1, -0.05) is 308 Å². The summed E-state index contributed by atoms with van der Waals surface area (Å²) in [5.74, 6) is -1.44. The summed E-state index contributed by atoms with van der Waals surface area (Å²) in [7, 11) is -4.75. The van der Waals surface area contributed by atoms with Crippen molar-refractivity contribution in [2.45, 2.75) is 354 Å². The summed E-state index contributed by atoms with van der Waals surface area (Å²) in [4.78, 5) is 48.8. The van der Waals surface area contributed by atoms with E-state index < -0.39 is 57.8 Å². The number of carbonyl (C=O) groups excluding carboxylic acids is 3. The molecule has 0 aromatic heterocycles. The zero-order chi connectivity index (χ0) is 58.3. The van der Waals surface area contributed by atoms with Crippen LogP contribution in [0, 0.1) is 0 Å². The molecule has 0 aromatic rings. The van der Waals surface area contributed by atoms with Crippen LogP contribution >= 0.6 is 7.82 Å². The lowest BCUT2D eigenvalue weighted by atomic mass is 10.0. The van der Waals surface area contributed by atoms with Gasteiger partial charge in [-0.15, -0.1) is 0 Å². The molecule has 80 heavy (non-hydrogen) atoms. The fraction of sp³-hybridized carbons (Fsp3) is 0.868. The fourth-order valence-corrected chi connectivity index (χ4v) is 10.7. The SMILES string of the molecule is CC/C=C\C/C=C\C/C=C\CCCCCCCCCC(=O)OC(CO)COP(=O)(O)OCC(COC(=O)CCCCCCCCCCCCCCCCCCC)OC(=O)CCCCCCCCCCCCCCCCCCCCC. The third-order valence-electron chi connectivity index (χ3n) is 15.1. The predicted molar refractivity (Wildman–Crippen MR) is 335 cm³/mol. The molecule has 2 N–H and O–H groups in total. The van der Waals surface area contributed by atoms with Gasteiger partial charge < -0.3 is 24.2 Å². The van der Waals surface area contributed by atoms with Crippen molar-refractivity contribution in [3.05, 3.63) is 36.5 Å². The Morgan fingerprint density at radius 1 is 0.362 bits per heavy atom. The molecule has 0 aliphatic carbocycles. The van der Waals surface area contributed by atoms with Gasteiger partial charge in [-0.25, -0.2) is 4.57 Å². The van der Waals surface area contributed by atoms with Crippen molar-refractivity contribution < 1.29 is 52.2 Å². The number of hydrogen-bond donors (Lipinski definition) is 2. The highest BCUT2D eigenvalue weighted by Crippen LogP contribution is 2.43. The van der Waals surface area contributed by atoms with Crippen molar-refractivity contribution in [2.75, 3.05) is 26.4 Å². The van der Waals surface area contributed by atoms with Crippen LogP contribution in [0.1, 0.15) is 342 Å². The molecular weight excluding hydrogens is 1020 g/mol. The van der Waals surface area contributed by atoms with E-state index >= 15 is 0 Å². The van der Waals surface area contributed by atoms with E-state index in [2.05, 4.69) is 57.2 Å². The van der Waals surface area contributed by atoms with Crippen LogP contribution in [0.15, 0.2) is 36.5 Å². The summed E-state index contributed by atoms with van der Waals surface area (Å²) in [5, 5.41) is 9.86. The number of phosphoric acid groups is 1. The van der Waals surface area contributed by atoms with Crippen LogP contribution in [-0.4, -0.2) is 66.5 Å². The molecule has 0 saturated heterocycles. The number of hydrogen-bond acceptors (Lipinski definition) is 10. The fourth-order valence-electron chi connectivity index (χ4n) is 9.96. The highest BCUT2D eigenvalue weighted by atomic mass is 31.2. The van der Waals surface area contributed by atoms with Crippen molar-refractivity contribution in [2.24, 2.45) is 0 Å². The van der Waals surface area contributed by atoms with Gasteiger partial charge in [0.25, 0.3) is 0 Å². The second-order valence-corrected chi connectivity index (χ2v) is 24.4. The lowest BCUT2D eigenvalue weighted by Gasteiger charge is -2.21. The molecule has 0 bridgehead atoms. The van der Waals surface area contributed by atoms with Gasteiger partial charge in [-0.05, 0) is 51.4 Å². The molecule has 3 unspecified atom stereocenters. The maximum atomic E-state index is 13.0. The molecule has 0 fully saturated rings. The maximum Gasteiger partial charge on any atom is 0.472 e. The number of aliphatic hydroxyl groups excluding tert-OH is 1. The van der Waals surface area contributed by atoms with E-state index in [0.29, 0.717) is 19.3 Å². The number of unbranched alkanes of at least 4 members (excludes halogenated alkanes) is 41. The Morgan fingerprint density at radius 3 is 1.00 bits per heavy atom. The largest absolute Gasteiger partial charge is 0.472 e. The van der Waals surface area contributed by atoms with Crippen LogP contribution in [0.4, 0.5) is 0 Å². The molecule has 0 heterocycles. The number of carbonyl (C=O) groups is 3. The van der Waals surface area contributed by atoms with Crippen LogP contribution in [0.3, 0.4) is 0 Å². The van der Waals surface area contributed by atoms with Gasteiger partial charge in [0.2, 0.25) is 0 Å². The molecule has 12 heteroatoms. The third-order valence-corrected chi connectivity index (χ3v) is 16.0. The first kappa shape index (κ1) is 77.7. The molecule has 3 atom stereocenters. The van der Waals surface area contributed by atoms with Gasteiger partial charge in [0.05, 0.1) is 19.8 Å². The van der Waals surface area contributed by atoms with Crippen molar-refractivity contribution in [3.8, 4) is 0 Å². The van der Waals surface area contributed by atoms with Crippen molar-refractivity contribution in [1.82, 2.24) is 0 Å². The molecule has 0 aliphatic heterocycles. The molecule has 11 nitrogen and oxygen atoms in total. The standard InChI is InChI=1S/C68H127O11P/c1-4-7-10-13-16-19-22-25-28-31-32-35-38-41-44-47-50-53-56-59-68(72)79-65(61-75-66(70)57-54-51-48-45-42-39-36-33-29-26-23-20-17-14-11-8-5-2)63-77-80(73,74)76-62-64(60-69)78-67(71)58-55-52-49-46-43-40-37-34-30-27-24-21-18-15-12-9-6-3/h9,12,18,21,27,30,64-65,69H,4-8,10-11,13-17,19-20,22-26,28-29,31-63H2,1-3H3,(H,73,74)/b12-9-,21-18-,30-27-. The van der Waals surface area contributed by atoms with Crippen LogP contribution in [0.2, 0.25) is 0 Å². The second-order valence-electron chi connectivity index (χ2n) is 23.0. The highest BCUT2D eigenvalue weighted by Gasteiger charge is 2.28. The van der Waals surface area contributed by atoms with E-state index in [4.69, 9.17) is 23.3 Å². The topological polar surface area (TPSA) is 155 Å². The minimum absolute atomic E-state index is 0.169. The first-order chi connectivity index (χ1) is 39.2. The molecule has 470 valence electrons. The average molecular weight is 1150 g/mol. The summed E-state index contributed by atoms with van der Waals surface area (Å²) in [6, 6.07) is 0. The first-order valence-corrected chi connectivity index (χ1v) is 35.4. The van der Waals surface area contributed by atoms with Gasteiger partial charge in [0.15, 0.2) is 6.10 Å². The van der Waals surface area contributed by atoms with Crippen LogP contribution in [-0.2, 0) is 42.2 Å². The smallest absolute Gasteiger partial charge is 0.462 e. The first-order valence-electron chi connectivity index (χ1n) is 33.9. The summed E-state index contributed by atoms with van der Waals surface area (Å²) in [6.45, 7) is 4.62. The normalized spacial score (nSPS) is 13.4. The number of phosphoric ester groups is 1. The van der Waals surface area contributed by atoms with E-state index in [9.17, 15) is 28.9 Å². The second kappa shape index (κ2) is 62.7. The van der Waals surface area contributed by atoms with E-state index in [0.717, 1.165) is 89.9 Å². The number of esters is 3. The summed E-state index contributed by atoms with van der Waals surface area (Å²) >= 11 is 0. The van der Waals surface area contributed by atoms with Crippen molar-refractivity contribution in [3.63, 3.8) is 0 Å². The number of aliphatic hydroxyl groups is 1. The molecule has 0 spiro atoms. The van der Waals surface area contributed by atoms with Gasteiger partial charge >= 0.3 is 25.7 Å². The van der Waals surface area contributed by atoms with Crippen LogP contribution < -0.4 is 0 Å². The lowest BCUT2D eigenvalue weighted by Crippen LogP contribution is -2.30. The predicted octanol–water partition coefficient (Wildman–Crippen LogP) is 20.7. The van der Waals surface area contributed by atoms with Crippen LogP contribution in [0.5, 0.6) is 0 Å². The Labute approximate surface area is 492 Å². The van der Waals surface area contributed by atoms with Gasteiger partial charge in [0.1, 0.15) is 12.7 Å². The van der Waals surface area contributed by atoms with Crippen molar-refractivity contribution in [1.29, 1.82) is 0 Å². The summed E-state index contributed by atoms with van der Waals surface area (Å²) in [5.41, 5.74) is 0. The maximum absolute atomic E-state index is 13.0. The minimum atomic E-state index is -4.75. The Kier molecular flexibility index (Phi) is 60.9. The average Bonchev–Trinajstić information content (AvgIpc) is 3.45. The molecular formula is C68H127O11P. The molecule has 0 rings (SSSR count). The van der Waals surface area contributed by atoms with E-state index in [1.807, 2.05) is 0 Å². The van der Waals surface area contributed by atoms with Gasteiger partial charge in [-0.3, -0.25) is 23.4 Å². The molecule has 0 aromatic carbocycles. The minimum Gasteiger partial charge on any atom is -0.462 e. The monoisotopic (exact) mass is 1150 g/mol. The van der Waals surface area contributed by atoms with Crippen LogP contribution in [0.25, 0.3) is 0 Å². The Hall–Kier alpha value is -2.30. The lowest BCUT2D eigenvalue weighted by molar-refractivity contribution is -0.161. The zero-order valence-electron chi connectivity index (χ0n) is 52.3. The van der Waals surface area contributed by atoms with E-state index in [-0.39, 0.29) is 25.9 Å². The Bertz CT molecular complexity index is 1480. The summed E-state index contributed by atoms with van der Waals surface area (Å²) in [6.07, 6.45) is 68.1. The number of allylic oxidation sites excluding steroid dienone is 6. The zero-order valence-corrected chi connectivity index (χ0v) is 53.2. The third kappa shape index (κ3) is 60.3. The highest BCUT2D eigenvalue weighted by molar-refractivity contribution is 7.47. The molecule has 0 amide bonds. The molecule has 0 radical (unpaired) electrons. The number of ether oxygens (including phenoxy) is 3. The van der Waals surface area contributed by atoms with Gasteiger partial charge in [-0.2, -0.15) is 0 Å². The molecule has 0 saturated carbocycles. The van der Waals surface area contributed by atoms with E-state index in [1.165, 1.54) is 193 Å². The number of rotatable bonds is 64. The quantitative estimate of drug-likeness (QED) is 0.0197. The van der Waals surface area contributed by atoms with E-state index in [1.54, 1.807) is 0 Å². The Balaban J connectivity index is 4.64. The summed E-state index contributed by atoms with van der Waals surface area (Å²) < 4.78 is 39.8. The molecule has 0 aliphatic rings. The van der Waals surface area contributed by atoms with Crippen molar-refractivity contribution >= 4 is 25.7 Å². The van der Waals surface area contributed by atoms with Gasteiger partial charge in [0, 0.05) is 19.3 Å². The Morgan fingerprint density at radius 2 is 0.650 bits per heavy atom.